The summed E-state index contributed by atoms with van der Waals surface area (Å²) in [6, 6.07) is 16.0. The smallest absolute Gasteiger partial charge is 0.289 e. The Morgan fingerprint density at radius 1 is 0.900 bits per heavy atom. The standard InChI is InChI=1S/C24H24N2O3S/c27-23(16-30-20-9-8-17-5-3-6-18(17)14-20)25-10-12-26(13-11-25)24(28)22-15-19-4-1-2-7-21(19)29-22/h1-2,4,7-9,14-15H,3,5-6,10-13,16H2. The van der Waals surface area contributed by atoms with Gasteiger partial charge in [-0.1, -0.05) is 24.3 Å². The van der Waals surface area contributed by atoms with Gasteiger partial charge in [0.1, 0.15) is 5.58 Å². The van der Waals surface area contributed by atoms with Crippen molar-refractivity contribution in [1.82, 2.24) is 9.80 Å². The van der Waals surface area contributed by atoms with Crippen LogP contribution in [0, 0.1) is 0 Å². The zero-order valence-electron chi connectivity index (χ0n) is 16.8. The highest BCUT2D eigenvalue weighted by atomic mass is 32.2. The molecule has 0 bridgehead atoms. The third-order valence-electron chi connectivity index (χ3n) is 5.99. The molecule has 154 valence electrons. The molecule has 0 atom stereocenters. The zero-order chi connectivity index (χ0) is 20.5. The van der Waals surface area contributed by atoms with E-state index in [9.17, 15) is 9.59 Å². The molecule has 1 saturated heterocycles. The van der Waals surface area contributed by atoms with Crippen LogP contribution in [0.25, 0.3) is 11.0 Å². The van der Waals surface area contributed by atoms with Gasteiger partial charge in [0.05, 0.1) is 5.75 Å². The predicted octanol–water partition coefficient (Wildman–Crippen LogP) is 4.00. The van der Waals surface area contributed by atoms with E-state index in [2.05, 4.69) is 18.2 Å². The third kappa shape index (κ3) is 3.84. The molecule has 3 aromatic rings. The summed E-state index contributed by atoms with van der Waals surface area (Å²) in [4.78, 5) is 30.2. The summed E-state index contributed by atoms with van der Waals surface area (Å²) in [5, 5.41) is 0.929. The van der Waals surface area contributed by atoms with Crippen molar-refractivity contribution in [3.63, 3.8) is 0 Å². The average molecular weight is 421 g/mol. The number of rotatable bonds is 4. The highest BCUT2D eigenvalue weighted by Gasteiger charge is 2.26. The van der Waals surface area contributed by atoms with Crippen LogP contribution >= 0.6 is 11.8 Å². The highest BCUT2D eigenvalue weighted by molar-refractivity contribution is 8.00. The predicted molar refractivity (Wildman–Crippen MR) is 118 cm³/mol. The van der Waals surface area contributed by atoms with Gasteiger partial charge in [-0.3, -0.25) is 9.59 Å². The van der Waals surface area contributed by atoms with Crippen LogP contribution in [-0.4, -0.2) is 53.5 Å². The second-order valence-electron chi connectivity index (χ2n) is 7.89. The Labute approximate surface area is 180 Å². The highest BCUT2D eigenvalue weighted by Crippen LogP contribution is 2.28. The first-order chi connectivity index (χ1) is 14.7. The van der Waals surface area contributed by atoms with E-state index in [0.29, 0.717) is 37.7 Å². The molecule has 5 nitrogen and oxygen atoms in total. The van der Waals surface area contributed by atoms with E-state index >= 15 is 0 Å². The molecule has 1 aromatic heterocycles. The van der Waals surface area contributed by atoms with Crippen LogP contribution in [0.2, 0.25) is 0 Å². The maximum atomic E-state index is 12.8. The van der Waals surface area contributed by atoms with Crippen molar-refractivity contribution in [2.45, 2.75) is 24.2 Å². The van der Waals surface area contributed by atoms with E-state index in [1.165, 1.54) is 28.9 Å². The van der Waals surface area contributed by atoms with Gasteiger partial charge in [0.15, 0.2) is 5.76 Å². The van der Waals surface area contributed by atoms with E-state index in [1.54, 1.807) is 22.7 Å². The van der Waals surface area contributed by atoms with Crippen LogP contribution in [0.5, 0.6) is 0 Å². The Balaban J connectivity index is 1.14. The number of nitrogens with zero attached hydrogens (tertiary/aromatic N) is 2. The number of hydrogen-bond donors (Lipinski definition) is 0. The Hall–Kier alpha value is -2.73. The fourth-order valence-electron chi connectivity index (χ4n) is 4.28. The number of benzene rings is 2. The zero-order valence-corrected chi connectivity index (χ0v) is 17.6. The first kappa shape index (κ1) is 19.2. The van der Waals surface area contributed by atoms with Gasteiger partial charge < -0.3 is 14.2 Å². The maximum Gasteiger partial charge on any atom is 0.289 e. The van der Waals surface area contributed by atoms with E-state index in [-0.39, 0.29) is 11.8 Å². The summed E-state index contributed by atoms with van der Waals surface area (Å²) in [6.45, 7) is 2.20. The Bertz CT molecular complexity index is 1070. The summed E-state index contributed by atoms with van der Waals surface area (Å²) in [6.07, 6.45) is 3.56. The molecular weight excluding hydrogens is 396 g/mol. The van der Waals surface area contributed by atoms with Crippen LogP contribution in [0.4, 0.5) is 0 Å². The number of carbonyl (C=O) groups is 2. The van der Waals surface area contributed by atoms with Gasteiger partial charge >= 0.3 is 0 Å². The topological polar surface area (TPSA) is 53.8 Å². The molecule has 1 aliphatic carbocycles. The van der Waals surface area contributed by atoms with Crippen LogP contribution in [-0.2, 0) is 17.6 Å². The number of para-hydroxylation sites is 1. The number of carbonyl (C=O) groups excluding carboxylic acids is 2. The lowest BCUT2D eigenvalue weighted by molar-refractivity contribution is -0.129. The number of furan rings is 1. The molecule has 6 heteroatoms. The molecule has 0 N–H and O–H groups in total. The van der Waals surface area contributed by atoms with Crippen molar-refractivity contribution in [1.29, 1.82) is 0 Å². The minimum absolute atomic E-state index is 0.106. The lowest BCUT2D eigenvalue weighted by atomic mass is 10.1. The van der Waals surface area contributed by atoms with E-state index in [4.69, 9.17) is 4.42 Å². The van der Waals surface area contributed by atoms with Gasteiger partial charge in [-0.25, -0.2) is 0 Å². The fourth-order valence-corrected chi connectivity index (χ4v) is 5.14. The van der Waals surface area contributed by atoms with Crippen molar-refractivity contribution < 1.29 is 14.0 Å². The molecule has 0 spiro atoms. The number of aryl methyl sites for hydroxylation is 2. The molecule has 1 aliphatic heterocycles. The monoisotopic (exact) mass is 420 g/mol. The number of thioether (sulfide) groups is 1. The number of piperazine rings is 1. The van der Waals surface area contributed by atoms with Crippen molar-refractivity contribution in [2.75, 3.05) is 31.9 Å². The van der Waals surface area contributed by atoms with Crippen LogP contribution in [0.1, 0.15) is 28.1 Å². The molecule has 0 radical (unpaired) electrons. The van der Waals surface area contributed by atoms with E-state index < -0.39 is 0 Å². The largest absolute Gasteiger partial charge is 0.451 e. The Morgan fingerprint density at radius 2 is 1.67 bits per heavy atom. The second kappa shape index (κ2) is 8.19. The van der Waals surface area contributed by atoms with Crippen LogP contribution in [0.3, 0.4) is 0 Å². The van der Waals surface area contributed by atoms with Crippen molar-refractivity contribution in [2.24, 2.45) is 0 Å². The lowest BCUT2D eigenvalue weighted by Crippen LogP contribution is -2.51. The summed E-state index contributed by atoms with van der Waals surface area (Å²) in [5.41, 5.74) is 3.61. The molecule has 2 aromatic carbocycles. The Kier molecular flexibility index (Phi) is 5.25. The van der Waals surface area contributed by atoms with Gasteiger partial charge in [-0.15, -0.1) is 11.8 Å². The van der Waals surface area contributed by atoms with Gasteiger partial charge in [-0.2, -0.15) is 0 Å². The van der Waals surface area contributed by atoms with Crippen molar-refractivity contribution >= 4 is 34.5 Å². The molecule has 1 fully saturated rings. The maximum absolute atomic E-state index is 12.8. The molecule has 0 unspecified atom stereocenters. The minimum Gasteiger partial charge on any atom is -0.451 e. The van der Waals surface area contributed by atoms with Gasteiger partial charge in [0, 0.05) is 36.5 Å². The first-order valence-electron chi connectivity index (χ1n) is 10.5. The molecule has 2 heterocycles. The Morgan fingerprint density at radius 3 is 2.50 bits per heavy atom. The van der Waals surface area contributed by atoms with Gasteiger partial charge in [-0.05, 0) is 54.7 Å². The number of amides is 2. The van der Waals surface area contributed by atoms with Gasteiger partial charge in [0.2, 0.25) is 5.91 Å². The van der Waals surface area contributed by atoms with Gasteiger partial charge in [0.25, 0.3) is 5.91 Å². The average Bonchev–Trinajstić information content (AvgIpc) is 3.43. The molecule has 0 saturated carbocycles. The summed E-state index contributed by atoms with van der Waals surface area (Å²) < 4.78 is 5.70. The van der Waals surface area contributed by atoms with E-state index in [0.717, 1.165) is 17.4 Å². The van der Waals surface area contributed by atoms with Crippen molar-refractivity contribution in [3.8, 4) is 0 Å². The van der Waals surface area contributed by atoms with Crippen molar-refractivity contribution in [3.05, 3.63) is 65.4 Å². The molecule has 2 amide bonds. The number of hydrogen-bond acceptors (Lipinski definition) is 4. The molecule has 2 aliphatic rings. The number of fused-ring (bicyclic) bond motifs is 2. The molecule has 5 rings (SSSR count). The molecular formula is C24H24N2O3S. The lowest BCUT2D eigenvalue weighted by Gasteiger charge is -2.34. The summed E-state index contributed by atoms with van der Waals surface area (Å²) in [7, 11) is 0. The summed E-state index contributed by atoms with van der Waals surface area (Å²) in [5.74, 6) is 0.835. The van der Waals surface area contributed by atoms with E-state index in [1.807, 2.05) is 29.2 Å². The summed E-state index contributed by atoms with van der Waals surface area (Å²) >= 11 is 1.61. The fraction of sp³-hybridized carbons (Fsp3) is 0.333. The quantitative estimate of drug-likeness (QED) is 0.599. The SMILES string of the molecule is O=C(CSc1ccc2c(c1)CCC2)N1CCN(C(=O)c2cc3ccccc3o2)CC1. The second-order valence-corrected chi connectivity index (χ2v) is 8.94. The van der Waals surface area contributed by atoms with Crippen LogP contribution in [0.15, 0.2) is 57.8 Å². The minimum atomic E-state index is -0.106. The third-order valence-corrected chi connectivity index (χ3v) is 6.97. The first-order valence-corrected chi connectivity index (χ1v) is 11.5. The van der Waals surface area contributed by atoms with Crippen LogP contribution < -0.4 is 0 Å². The normalized spacial score (nSPS) is 16.1. The molecule has 30 heavy (non-hydrogen) atoms.